The van der Waals surface area contributed by atoms with Crippen LogP contribution >= 0.6 is 11.8 Å². The van der Waals surface area contributed by atoms with E-state index in [1.807, 2.05) is 11.8 Å². The summed E-state index contributed by atoms with van der Waals surface area (Å²) in [6, 6.07) is 3.35. The van der Waals surface area contributed by atoms with Crippen LogP contribution in [-0.4, -0.2) is 33.6 Å². The van der Waals surface area contributed by atoms with E-state index >= 15 is 0 Å². The van der Waals surface area contributed by atoms with Crippen LogP contribution in [0, 0.1) is 0 Å². The molecule has 0 saturated carbocycles. The maximum Gasteiger partial charge on any atom is 0.337 e. The van der Waals surface area contributed by atoms with Gasteiger partial charge in [0.25, 0.3) is 0 Å². The Balaban J connectivity index is 2.51. The Kier molecular flexibility index (Phi) is 6.31. The second-order valence-electron chi connectivity index (χ2n) is 4.54. The average molecular weight is 282 g/mol. The molecule has 1 aromatic heterocycles. The van der Waals surface area contributed by atoms with Crippen LogP contribution in [0.2, 0.25) is 0 Å². The first-order chi connectivity index (χ1) is 9.06. The number of nitrogens with zero attached hydrogens (tertiary/aromatic N) is 1. The molecule has 0 aliphatic rings. The molecule has 0 atom stereocenters. The predicted molar refractivity (Wildman–Crippen MR) is 79.7 cm³/mol. The van der Waals surface area contributed by atoms with Gasteiger partial charge in [0.15, 0.2) is 0 Å². The second-order valence-corrected chi connectivity index (χ2v) is 5.82. The van der Waals surface area contributed by atoms with Crippen molar-refractivity contribution in [3.63, 3.8) is 0 Å². The lowest BCUT2D eigenvalue weighted by molar-refractivity contribution is 0.0696. The Morgan fingerprint density at radius 3 is 2.53 bits per heavy atom. The first kappa shape index (κ1) is 16.0. The third kappa shape index (κ3) is 4.51. The first-order valence-electron chi connectivity index (χ1n) is 6.51. The summed E-state index contributed by atoms with van der Waals surface area (Å²) in [6.45, 7) is 6.02. The largest absolute Gasteiger partial charge is 0.478 e. The number of thioether (sulfide) groups is 1. The van der Waals surface area contributed by atoms with Crippen molar-refractivity contribution in [2.24, 2.45) is 0 Å². The fourth-order valence-corrected chi connectivity index (χ4v) is 2.76. The van der Waals surface area contributed by atoms with Crippen LogP contribution in [0.25, 0.3) is 0 Å². The fourth-order valence-electron chi connectivity index (χ4n) is 1.93. The van der Waals surface area contributed by atoms with Crippen molar-refractivity contribution in [2.45, 2.75) is 38.0 Å². The lowest BCUT2D eigenvalue weighted by atomic mass is 10.0. The van der Waals surface area contributed by atoms with Gasteiger partial charge in [0.05, 0.1) is 11.3 Å². The smallest absolute Gasteiger partial charge is 0.337 e. The predicted octanol–water partition coefficient (Wildman–Crippen LogP) is 2.79. The number of hydrogen-bond acceptors (Lipinski definition) is 4. The highest BCUT2D eigenvalue weighted by atomic mass is 32.2. The van der Waals surface area contributed by atoms with Crippen LogP contribution < -0.4 is 5.32 Å². The van der Waals surface area contributed by atoms with Crippen molar-refractivity contribution in [3.8, 4) is 0 Å². The number of carboxylic acids is 1. The van der Waals surface area contributed by atoms with Crippen molar-refractivity contribution in [2.75, 3.05) is 12.8 Å². The third-order valence-corrected chi connectivity index (χ3v) is 5.13. The quantitative estimate of drug-likeness (QED) is 0.767. The van der Waals surface area contributed by atoms with E-state index in [1.54, 1.807) is 12.1 Å². The van der Waals surface area contributed by atoms with Crippen LogP contribution in [0.3, 0.4) is 0 Å². The summed E-state index contributed by atoms with van der Waals surface area (Å²) in [5, 5.41) is 12.2. The van der Waals surface area contributed by atoms with Gasteiger partial charge in [-0.2, -0.15) is 11.8 Å². The molecule has 106 valence electrons. The van der Waals surface area contributed by atoms with Gasteiger partial charge in [-0.3, -0.25) is 4.98 Å². The van der Waals surface area contributed by atoms with Crippen molar-refractivity contribution in [1.82, 2.24) is 10.3 Å². The fraction of sp³-hybridized carbons (Fsp3) is 0.571. The van der Waals surface area contributed by atoms with Gasteiger partial charge in [0.1, 0.15) is 0 Å². The minimum absolute atomic E-state index is 0.226. The molecule has 4 nitrogen and oxygen atoms in total. The maximum absolute atomic E-state index is 10.7. The zero-order valence-corrected chi connectivity index (χ0v) is 12.6. The number of hydrogen-bond donors (Lipinski definition) is 2. The molecule has 1 rings (SSSR count). The van der Waals surface area contributed by atoms with Crippen LogP contribution in [0.1, 0.15) is 42.7 Å². The minimum Gasteiger partial charge on any atom is -0.478 e. The highest BCUT2D eigenvalue weighted by Gasteiger charge is 2.23. The summed E-state index contributed by atoms with van der Waals surface area (Å²) >= 11 is 1.90. The molecule has 0 aromatic carbocycles. The highest BCUT2D eigenvalue weighted by Crippen LogP contribution is 2.29. The highest BCUT2D eigenvalue weighted by molar-refractivity contribution is 8.00. The molecular formula is C14H22N2O2S. The molecular weight excluding hydrogens is 260 g/mol. The summed E-state index contributed by atoms with van der Waals surface area (Å²) in [6.07, 6.45) is 5.81. The Hall–Kier alpha value is -1.07. The molecule has 0 amide bonds. The number of aromatic nitrogens is 1. The molecule has 0 aliphatic carbocycles. The van der Waals surface area contributed by atoms with E-state index < -0.39 is 5.97 Å². The van der Waals surface area contributed by atoms with Gasteiger partial charge in [-0.05, 0) is 31.2 Å². The van der Waals surface area contributed by atoms with Crippen molar-refractivity contribution < 1.29 is 9.90 Å². The lowest BCUT2D eigenvalue weighted by Crippen LogP contribution is -2.36. The molecule has 0 aliphatic heterocycles. The van der Waals surface area contributed by atoms with Gasteiger partial charge in [-0.15, -0.1) is 0 Å². The minimum atomic E-state index is -0.939. The van der Waals surface area contributed by atoms with Gasteiger partial charge in [-0.25, -0.2) is 4.79 Å². The summed E-state index contributed by atoms with van der Waals surface area (Å²) in [5.74, 6) is -0.939. The first-order valence-corrected chi connectivity index (χ1v) is 7.73. The van der Waals surface area contributed by atoms with E-state index in [2.05, 4.69) is 30.4 Å². The SMILES string of the molecule is CCC(CC)(CNCc1ccc(C(=O)O)cn1)SC. The summed E-state index contributed by atoms with van der Waals surface area (Å²) in [5.41, 5.74) is 1.09. The molecule has 0 unspecified atom stereocenters. The average Bonchev–Trinajstić information content (AvgIpc) is 2.45. The third-order valence-electron chi connectivity index (χ3n) is 3.55. The van der Waals surface area contributed by atoms with Crippen LogP contribution in [-0.2, 0) is 6.54 Å². The van der Waals surface area contributed by atoms with Crippen LogP contribution in [0.15, 0.2) is 18.3 Å². The molecule has 1 heterocycles. The molecule has 19 heavy (non-hydrogen) atoms. The standard InChI is InChI=1S/C14H22N2O2S/c1-4-14(5-2,19-3)10-15-9-12-7-6-11(8-16-12)13(17)18/h6-8,15H,4-5,9-10H2,1-3H3,(H,17,18). The number of carboxylic acid groups (broad SMARTS) is 1. The van der Waals surface area contributed by atoms with E-state index in [4.69, 9.17) is 5.11 Å². The van der Waals surface area contributed by atoms with Crippen LogP contribution in [0.5, 0.6) is 0 Å². The number of nitrogens with one attached hydrogen (secondary N) is 1. The van der Waals surface area contributed by atoms with Gasteiger partial charge >= 0.3 is 5.97 Å². The molecule has 2 N–H and O–H groups in total. The van der Waals surface area contributed by atoms with Gasteiger partial charge in [0.2, 0.25) is 0 Å². The summed E-state index contributed by atoms with van der Waals surface area (Å²) < 4.78 is 0.279. The topological polar surface area (TPSA) is 62.2 Å². The van der Waals surface area contributed by atoms with Crippen molar-refractivity contribution in [1.29, 1.82) is 0 Å². The lowest BCUT2D eigenvalue weighted by Gasteiger charge is -2.29. The van der Waals surface area contributed by atoms with Gasteiger partial charge < -0.3 is 10.4 Å². The maximum atomic E-state index is 10.7. The van der Waals surface area contributed by atoms with E-state index in [-0.39, 0.29) is 10.3 Å². The summed E-state index contributed by atoms with van der Waals surface area (Å²) in [4.78, 5) is 14.9. The molecule has 0 saturated heterocycles. The number of carbonyl (C=O) groups is 1. The molecule has 0 spiro atoms. The normalized spacial score (nSPS) is 11.5. The Bertz CT molecular complexity index is 394. The molecule has 0 bridgehead atoms. The Morgan fingerprint density at radius 2 is 2.11 bits per heavy atom. The Labute approximate surface area is 119 Å². The molecule has 1 aromatic rings. The zero-order valence-electron chi connectivity index (χ0n) is 11.8. The van der Waals surface area contributed by atoms with E-state index in [0.717, 1.165) is 25.1 Å². The Morgan fingerprint density at radius 1 is 1.42 bits per heavy atom. The second kappa shape index (κ2) is 7.50. The zero-order chi connectivity index (χ0) is 14.3. The van der Waals surface area contributed by atoms with E-state index in [0.29, 0.717) is 6.54 Å². The molecule has 5 heteroatoms. The number of pyridine rings is 1. The van der Waals surface area contributed by atoms with E-state index in [9.17, 15) is 4.79 Å². The number of rotatable bonds is 8. The van der Waals surface area contributed by atoms with Crippen molar-refractivity contribution in [3.05, 3.63) is 29.6 Å². The van der Waals surface area contributed by atoms with E-state index in [1.165, 1.54) is 6.20 Å². The van der Waals surface area contributed by atoms with Crippen LogP contribution in [0.4, 0.5) is 0 Å². The summed E-state index contributed by atoms with van der Waals surface area (Å²) in [7, 11) is 0. The monoisotopic (exact) mass is 282 g/mol. The van der Waals surface area contributed by atoms with Gasteiger partial charge in [0, 0.05) is 24.0 Å². The molecule has 0 fully saturated rings. The number of aromatic carboxylic acids is 1. The molecule has 0 radical (unpaired) electrons. The van der Waals surface area contributed by atoms with Crippen molar-refractivity contribution >= 4 is 17.7 Å². The van der Waals surface area contributed by atoms with Gasteiger partial charge in [-0.1, -0.05) is 13.8 Å².